The molecule has 0 N–H and O–H groups in total. The molecule has 0 radical (unpaired) electrons. The highest BCUT2D eigenvalue weighted by atomic mass is 19.3. The van der Waals surface area contributed by atoms with E-state index in [-0.39, 0.29) is 41.8 Å². The zero-order valence-corrected chi connectivity index (χ0v) is 16.7. The van der Waals surface area contributed by atoms with Crippen LogP contribution in [0.1, 0.15) is 18.0 Å². The van der Waals surface area contributed by atoms with Crippen LogP contribution in [0.3, 0.4) is 0 Å². The van der Waals surface area contributed by atoms with Crippen LogP contribution in [0.2, 0.25) is 0 Å². The summed E-state index contributed by atoms with van der Waals surface area (Å²) in [5.74, 6) is 0.320. The molecule has 1 aromatic carbocycles. The number of hydrogen-bond acceptors (Lipinski definition) is 8. The third-order valence-electron chi connectivity index (χ3n) is 4.87. The highest BCUT2D eigenvalue weighted by Gasteiger charge is 2.22. The predicted octanol–water partition coefficient (Wildman–Crippen LogP) is 3.73. The molecule has 166 valence electrons. The van der Waals surface area contributed by atoms with Crippen LogP contribution in [-0.2, 0) is 13.0 Å². The van der Waals surface area contributed by atoms with Crippen molar-refractivity contribution in [2.24, 2.45) is 0 Å². The average Bonchev–Trinajstić information content (AvgIpc) is 3.56. The smallest absolute Gasteiger partial charge is 0.306 e. The van der Waals surface area contributed by atoms with Gasteiger partial charge in [-0.25, -0.2) is 18.3 Å². The van der Waals surface area contributed by atoms with Crippen LogP contribution in [0, 0.1) is 10.1 Å². The molecule has 0 bridgehead atoms. The number of aryl methyl sites for hydroxylation is 2. The monoisotopic (exact) mass is 452 g/mol. The number of halogens is 2. The first-order valence-corrected chi connectivity index (χ1v) is 9.71. The molecule has 0 aliphatic carbocycles. The summed E-state index contributed by atoms with van der Waals surface area (Å²) in [6, 6.07) is 10.2. The molecule has 5 aromatic rings. The van der Waals surface area contributed by atoms with Gasteiger partial charge >= 0.3 is 5.69 Å². The zero-order chi connectivity index (χ0) is 22.9. The van der Waals surface area contributed by atoms with E-state index < -0.39 is 11.3 Å². The van der Waals surface area contributed by atoms with Crippen LogP contribution in [0.25, 0.3) is 28.4 Å². The van der Waals surface area contributed by atoms with Crippen LogP contribution in [0.5, 0.6) is 0 Å². The van der Waals surface area contributed by atoms with E-state index in [4.69, 9.17) is 4.42 Å². The number of benzene rings is 1. The molecule has 11 nitrogen and oxygen atoms in total. The first-order chi connectivity index (χ1) is 16.0. The van der Waals surface area contributed by atoms with Crippen molar-refractivity contribution in [2.75, 3.05) is 0 Å². The number of nitrogens with zero attached hydrogens (tertiary/aromatic N) is 8. The lowest BCUT2D eigenvalue weighted by molar-refractivity contribution is -0.385. The van der Waals surface area contributed by atoms with Crippen LogP contribution in [0.4, 0.5) is 14.5 Å². The lowest BCUT2D eigenvalue weighted by Crippen LogP contribution is -2.02. The molecular weight excluding hydrogens is 438 g/mol. The van der Waals surface area contributed by atoms with Gasteiger partial charge in [0.15, 0.2) is 5.65 Å². The second kappa shape index (κ2) is 8.18. The van der Waals surface area contributed by atoms with Crippen molar-refractivity contribution in [3.8, 4) is 22.7 Å². The molecule has 13 heteroatoms. The first-order valence-electron chi connectivity index (χ1n) is 9.71. The molecule has 0 unspecified atom stereocenters. The number of alkyl halides is 2. The fourth-order valence-corrected chi connectivity index (χ4v) is 3.29. The molecule has 0 saturated carbocycles. The summed E-state index contributed by atoms with van der Waals surface area (Å²) in [6.07, 6.45) is 1.27. The van der Waals surface area contributed by atoms with Gasteiger partial charge in [-0.2, -0.15) is 10.2 Å². The molecule has 4 aromatic heterocycles. The van der Waals surface area contributed by atoms with Crippen molar-refractivity contribution < 1.29 is 18.1 Å². The number of fused-ring (bicyclic) bond motifs is 1. The third kappa shape index (κ3) is 3.91. The Balaban J connectivity index is 1.47. The number of nitro groups is 1. The van der Waals surface area contributed by atoms with Gasteiger partial charge in [0, 0.05) is 18.5 Å². The first kappa shape index (κ1) is 20.4. The number of rotatable bonds is 7. The van der Waals surface area contributed by atoms with E-state index in [9.17, 15) is 18.9 Å². The molecule has 4 heterocycles. The second-order valence-electron chi connectivity index (χ2n) is 7.00. The highest BCUT2D eigenvalue weighted by molar-refractivity contribution is 5.74. The maximum Gasteiger partial charge on any atom is 0.306 e. The van der Waals surface area contributed by atoms with E-state index in [1.165, 1.54) is 23.1 Å². The summed E-state index contributed by atoms with van der Waals surface area (Å²) in [5.41, 5.74) is 1.06. The van der Waals surface area contributed by atoms with Gasteiger partial charge in [0.25, 0.3) is 12.3 Å². The Morgan fingerprint density at radius 2 is 1.94 bits per heavy atom. The number of aromatic nitrogens is 7. The van der Waals surface area contributed by atoms with Crippen molar-refractivity contribution in [2.45, 2.75) is 19.4 Å². The van der Waals surface area contributed by atoms with Crippen LogP contribution < -0.4 is 0 Å². The van der Waals surface area contributed by atoms with Crippen LogP contribution in [-0.4, -0.2) is 39.5 Å². The molecular formula is C20H14F2N8O3. The number of hydrogen-bond donors (Lipinski definition) is 0. The predicted molar refractivity (Wildman–Crippen MR) is 109 cm³/mol. The minimum Gasteiger partial charge on any atom is -0.420 e. The molecule has 0 fully saturated rings. The maximum absolute atomic E-state index is 13.7. The van der Waals surface area contributed by atoms with E-state index in [2.05, 4.69) is 25.4 Å². The summed E-state index contributed by atoms with van der Waals surface area (Å²) >= 11 is 0. The fraction of sp³-hybridized carbons (Fsp3) is 0.150. The van der Waals surface area contributed by atoms with Crippen LogP contribution in [0.15, 0.2) is 59.4 Å². The summed E-state index contributed by atoms with van der Waals surface area (Å²) < 4.78 is 35.6. The summed E-state index contributed by atoms with van der Waals surface area (Å²) in [7, 11) is 0. The molecule has 5 rings (SSSR count). The molecule has 0 aliphatic heterocycles. The quantitative estimate of drug-likeness (QED) is 0.270. The van der Waals surface area contributed by atoms with Gasteiger partial charge in [-0.1, -0.05) is 30.3 Å². The minimum atomic E-state index is -2.78. The molecule has 33 heavy (non-hydrogen) atoms. The standard InChI is InChI=1S/C20H14F2N8O3/c21-18(22)16-8-15(12-4-2-1-3-5-12)25-19-14(10-24-29(16)19)20-27-26-17(33-20)6-7-28-11-13(9-23-28)30(31)32/h1-5,8-11,18H,6-7H2. The second-order valence-corrected chi connectivity index (χ2v) is 7.00. The van der Waals surface area contributed by atoms with Crippen molar-refractivity contribution in [3.63, 3.8) is 0 Å². The lowest BCUT2D eigenvalue weighted by atomic mass is 10.1. The molecule has 0 saturated heterocycles. The van der Waals surface area contributed by atoms with Crippen molar-refractivity contribution in [1.82, 2.24) is 34.6 Å². The molecule has 0 aliphatic rings. The Morgan fingerprint density at radius 1 is 1.12 bits per heavy atom. The maximum atomic E-state index is 13.7. The van der Waals surface area contributed by atoms with Crippen molar-refractivity contribution in [3.05, 3.63) is 76.7 Å². The molecule has 0 spiro atoms. The van der Waals surface area contributed by atoms with E-state index >= 15 is 0 Å². The van der Waals surface area contributed by atoms with Gasteiger partial charge in [-0.05, 0) is 6.07 Å². The van der Waals surface area contributed by atoms with Gasteiger partial charge in [-0.3, -0.25) is 14.8 Å². The Hall–Kier alpha value is -4.55. The Morgan fingerprint density at radius 3 is 2.67 bits per heavy atom. The Labute approximate surface area is 183 Å². The van der Waals surface area contributed by atoms with Gasteiger partial charge in [0.1, 0.15) is 23.7 Å². The largest absolute Gasteiger partial charge is 0.420 e. The van der Waals surface area contributed by atoms with Gasteiger partial charge < -0.3 is 4.42 Å². The topological polar surface area (TPSA) is 130 Å². The average molecular weight is 452 g/mol. The van der Waals surface area contributed by atoms with E-state index in [1.807, 2.05) is 6.07 Å². The Kier molecular flexibility index (Phi) is 5.05. The van der Waals surface area contributed by atoms with Gasteiger partial charge in [0.2, 0.25) is 5.89 Å². The lowest BCUT2D eigenvalue weighted by Gasteiger charge is -2.08. The fourth-order valence-electron chi connectivity index (χ4n) is 3.29. The normalized spacial score (nSPS) is 11.5. The van der Waals surface area contributed by atoms with E-state index in [0.717, 1.165) is 10.7 Å². The minimum absolute atomic E-state index is 0.0735. The van der Waals surface area contributed by atoms with Gasteiger partial charge in [-0.15, -0.1) is 10.2 Å². The molecule has 0 amide bonds. The third-order valence-corrected chi connectivity index (χ3v) is 4.87. The van der Waals surface area contributed by atoms with Crippen molar-refractivity contribution in [1.29, 1.82) is 0 Å². The molecule has 0 atom stereocenters. The summed E-state index contributed by atoms with van der Waals surface area (Å²) in [5, 5.41) is 26.7. The highest BCUT2D eigenvalue weighted by Crippen LogP contribution is 2.30. The van der Waals surface area contributed by atoms with Gasteiger partial charge in [0.05, 0.1) is 16.8 Å². The van der Waals surface area contributed by atoms with E-state index in [1.54, 1.807) is 24.3 Å². The van der Waals surface area contributed by atoms with Crippen molar-refractivity contribution >= 4 is 11.3 Å². The van der Waals surface area contributed by atoms with E-state index in [0.29, 0.717) is 16.8 Å². The summed E-state index contributed by atoms with van der Waals surface area (Å²) in [4.78, 5) is 14.7. The summed E-state index contributed by atoms with van der Waals surface area (Å²) in [6.45, 7) is 0.274. The SMILES string of the molecule is O=[N+]([O-])c1cnn(CCc2nnc(-c3cnn4c(C(F)F)cc(-c5ccccc5)nc34)o2)c1. The Bertz CT molecular complexity index is 1440. The van der Waals surface area contributed by atoms with Crippen LogP contribution >= 0.6 is 0 Å². The zero-order valence-electron chi connectivity index (χ0n) is 16.7.